The molecule has 2 N–H and O–H groups in total. The Balaban J connectivity index is 1.63. The summed E-state index contributed by atoms with van der Waals surface area (Å²) in [6.45, 7) is 3.17. The second-order valence-electron chi connectivity index (χ2n) is 6.25. The van der Waals surface area contributed by atoms with Crippen molar-refractivity contribution in [2.24, 2.45) is 5.92 Å². The Morgan fingerprint density at radius 1 is 1.50 bits per heavy atom. The van der Waals surface area contributed by atoms with E-state index in [0.29, 0.717) is 16.8 Å². The number of aromatic amines is 1. The Bertz CT molecular complexity index is 582. The van der Waals surface area contributed by atoms with Crippen molar-refractivity contribution < 1.29 is 9.53 Å². The molecule has 0 unspecified atom stereocenters. The van der Waals surface area contributed by atoms with Gasteiger partial charge in [-0.2, -0.15) is 5.10 Å². The summed E-state index contributed by atoms with van der Waals surface area (Å²) in [7, 11) is 0. The summed E-state index contributed by atoms with van der Waals surface area (Å²) in [6.07, 6.45) is 6.50. The number of aryl methyl sites for hydroxylation is 1. The highest BCUT2D eigenvalue weighted by Crippen LogP contribution is 2.34. The van der Waals surface area contributed by atoms with Crippen LogP contribution in [0.25, 0.3) is 0 Å². The minimum Gasteiger partial charge on any atom is -0.378 e. The van der Waals surface area contributed by atoms with Gasteiger partial charge in [-0.05, 0) is 44.3 Å². The fourth-order valence-corrected chi connectivity index (χ4v) is 3.89. The molecule has 7 heteroatoms. The molecule has 3 rings (SSSR count). The highest BCUT2D eigenvalue weighted by molar-refractivity contribution is 7.71. The molecule has 2 heterocycles. The standard InChI is InChI=1S/C15H24N4O2S/c1-2-4-13-17-18-15(22)19(13)9-14(20)16-11-5-3-6-12-10(11)7-8-21-12/h10-12H,2-9H2,1H3,(H,16,20)(H,18,22)/t10-,11-,12-/m1/s1. The number of nitrogens with zero attached hydrogens (tertiary/aromatic N) is 2. The highest BCUT2D eigenvalue weighted by Gasteiger charge is 2.38. The van der Waals surface area contributed by atoms with Crippen LogP contribution in [-0.2, 0) is 22.5 Å². The Kier molecular flexibility index (Phi) is 4.93. The van der Waals surface area contributed by atoms with Crippen LogP contribution in [0.4, 0.5) is 0 Å². The van der Waals surface area contributed by atoms with Crippen LogP contribution < -0.4 is 5.32 Å². The number of carbonyl (C=O) groups excluding carboxylic acids is 1. The molecule has 0 bridgehead atoms. The Labute approximate surface area is 135 Å². The summed E-state index contributed by atoms with van der Waals surface area (Å²) in [5.74, 6) is 1.35. The van der Waals surface area contributed by atoms with Crippen LogP contribution in [-0.4, -0.2) is 39.4 Å². The van der Waals surface area contributed by atoms with E-state index in [4.69, 9.17) is 17.0 Å². The van der Waals surface area contributed by atoms with Gasteiger partial charge >= 0.3 is 0 Å². The van der Waals surface area contributed by atoms with E-state index >= 15 is 0 Å². The number of aromatic nitrogens is 3. The van der Waals surface area contributed by atoms with E-state index < -0.39 is 0 Å². The van der Waals surface area contributed by atoms with Crippen molar-refractivity contribution in [2.75, 3.05) is 6.61 Å². The number of hydrogen-bond donors (Lipinski definition) is 2. The Hall–Kier alpha value is -1.21. The highest BCUT2D eigenvalue weighted by atomic mass is 32.1. The maximum absolute atomic E-state index is 12.4. The summed E-state index contributed by atoms with van der Waals surface area (Å²) in [4.78, 5) is 12.4. The normalized spacial score (nSPS) is 27.6. The maximum Gasteiger partial charge on any atom is 0.240 e. The van der Waals surface area contributed by atoms with E-state index in [1.54, 1.807) is 4.57 Å². The van der Waals surface area contributed by atoms with Crippen molar-refractivity contribution in [1.29, 1.82) is 0 Å². The minimum absolute atomic E-state index is 0.0207. The Morgan fingerprint density at radius 3 is 3.18 bits per heavy atom. The monoisotopic (exact) mass is 324 g/mol. The van der Waals surface area contributed by atoms with Gasteiger partial charge in [-0.1, -0.05) is 6.92 Å². The number of amides is 1. The first-order valence-corrected chi connectivity index (χ1v) is 8.65. The quantitative estimate of drug-likeness (QED) is 0.812. The molecule has 1 aliphatic carbocycles. The number of nitrogens with one attached hydrogen (secondary N) is 2. The van der Waals surface area contributed by atoms with Crippen molar-refractivity contribution in [3.05, 3.63) is 10.6 Å². The van der Waals surface area contributed by atoms with Gasteiger partial charge < -0.3 is 10.1 Å². The first-order valence-electron chi connectivity index (χ1n) is 8.24. The molecule has 0 radical (unpaired) electrons. The maximum atomic E-state index is 12.4. The van der Waals surface area contributed by atoms with Gasteiger partial charge in [-0.3, -0.25) is 14.5 Å². The van der Waals surface area contributed by atoms with Gasteiger partial charge in [0.15, 0.2) is 4.77 Å². The zero-order valence-corrected chi connectivity index (χ0v) is 13.8. The number of hydrogen-bond acceptors (Lipinski definition) is 4. The molecule has 1 aliphatic heterocycles. The SMILES string of the molecule is CCCc1n[nH]c(=S)n1CC(=O)N[C@@H]1CCC[C@H]2OCC[C@H]12. The van der Waals surface area contributed by atoms with Crippen LogP contribution in [0, 0.1) is 10.7 Å². The van der Waals surface area contributed by atoms with Crippen LogP contribution in [0.3, 0.4) is 0 Å². The van der Waals surface area contributed by atoms with Crippen molar-refractivity contribution in [3.8, 4) is 0 Å². The molecule has 122 valence electrons. The average molecular weight is 324 g/mol. The number of ether oxygens (including phenoxy) is 1. The van der Waals surface area contributed by atoms with Crippen LogP contribution >= 0.6 is 12.2 Å². The van der Waals surface area contributed by atoms with Crippen LogP contribution in [0.1, 0.15) is 44.9 Å². The third-order valence-corrected chi connectivity index (χ3v) is 5.05. The van der Waals surface area contributed by atoms with Crippen molar-refractivity contribution in [2.45, 2.75) is 64.1 Å². The number of carbonyl (C=O) groups is 1. The van der Waals surface area contributed by atoms with E-state index in [-0.39, 0.29) is 18.5 Å². The second-order valence-corrected chi connectivity index (χ2v) is 6.63. The topological polar surface area (TPSA) is 71.9 Å². The lowest BCUT2D eigenvalue weighted by atomic mass is 9.82. The van der Waals surface area contributed by atoms with Gasteiger partial charge in [0.05, 0.1) is 6.10 Å². The molecule has 3 atom stereocenters. The number of rotatable bonds is 5. The minimum atomic E-state index is 0.0207. The fraction of sp³-hybridized carbons (Fsp3) is 0.800. The zero-order chi connectivity index (χ0) is 15.5. The van der Waals surface area contributed by atoms with Crippen LogP contribution in [0.15, 0.2) is 0 Å². The number of H-pyrrole nitrogens is 1. The predicted octanol–water partition coefficient (Wildman–Crippen LogP) is 1.97. The summed E-state index contributed by atoms with van der Waals surface area (Å²) >= 11 is 5.23. The Morgan fingerprint density at radius 2 is 2.36 bits per heavy atom. The van der Waals surface area contributed by atoms with E-state index in [1.807, 2.05) is 0 Å². The lowest BCUT2D eigenvalue weighted by Gasteiger charge is -2.33. The third-order valence-electron chi connectivity index (χ3n) is 4.74. The zero-order valence-electron chi connectivity index (χ0n) is 13.0. The molecule has 2 fully saturated rings. The lowest BCUT2D eigenvalue weighted by Crippen LogP contribution is -2.46. The summed E-state index contributed by atoms with van der Waals surface area (Å²) < 4.78 is 8.08. The molecule has 1 aromatic rings. The molecular formula is C15H24N4O2S. The van der Waals surface area contributed by atoms with Crippen molar-refractivity contribution >= 4 is 18.1 Å². The van der Waals surface area contributed by atoms with Gasteiger partial charge in [0.2, 0.25) is 5.91 Å². The van der Waals surface area contributed by atoms with Gasteiger partial charge in [0.25, 0.3) is 0 Å². The first kappa shape index (κ1) is 15.7. The smallest absolute Gasteiger partial charge is 0.240 e. The molecular weight excluding hydrogens is 300 g/mol. The van der Waals surface area contributed by atoms with Crippen molar-refractivity contribution in [1.82, 2.24) is 20.1 Å². The van der Waals surface area contributed by atoms with E-state index in [2.05, 4.69) is 22.4 Å². The first-order chi connectivity index (χ1) is 10.7. The van der Waals surface area contributed by atoms with Gasteiger partial charge in [-0.25, -0.2) is 0 Å². The third kappa shape index (κ3) is 3.25. The molecule has 1 amide bonds. The van der Waals surface area contributed by atoms with Gasteiger partial charge in [-0.15, -0.1) is 0 Å². The van der Waals surface area contributed by atoms with Gasteiger partial charge in [0.1, 0.15) is 12.4 Å². The van der Waals surface area contributed by atoms with Crippen molar-refractivity contribution in [3.63, 3.8) is 0 Å². The molecule has 6 nitrogen and oxygen atoms in total. The fourth-order valence-electron chi connectivity index (χ4n) is 3.68. The predicted molar refractivity (Wildman–Crippen MR) is 85.0 cm³/mol. The molecule has 1 saturated heterocycles. The van der Waals surface area contributed by atoms with E-state index in [0.717, 1.165) is 51.0 Å². The van der Waals surface area contributed by atoms with Crippen LogP contribution in [0.5, 0.6) is 0 Å². The molecule has 0 spiro atoms. The molecule has 1 aromatic heterocycles. The van der Waals surface area contributed by atoms with E-state index in [1.165, 1.54) is 0 Å². The molecule has 22 heavy (non-hydrogen) atoms. The summed E-state index contributed by atoms with van der Waals surface area (Å²) in [5.41, 5.74) is 0. The van der Waals surface area contributed by atoms with E-state index in [9.17, 15) is 4.79 Å². The largest absolute Gasteiger partial charge is 0.378 e. The number of fused-ring (bicyclic) bond motifs is 1. The molecule has 2 aliphatic rings. The second kappa shape index (κ2) is 6.91. The van der Waals surface area contributed by atoms with Crippen LogP contribution in [0.2, 0.25) is 0 Å². The van der Waals surface area contributed by atoms with Gasteiger partial charge in [0, 0.05) is 25.0 Å². The average Bonchev–Trinajstić information content (AvgIpc) is 3.10. The molecule has 1 saturated carbocycles. The lowest BCUT2D eigenvalue weighted by molar-refractivity contribution is -0.123. The summed E-state index contributed by atoms with van der Waals surface area (Å²) in [5, 5.41) is 10.2. The summed E-state index contributed by atoms with van der Waals surface area (Å²) in [6, 6.07) is 0.240. The molecule has 0 aromatic carbocycles.